The lowest BCUT2D eigenvalue weighted by molar-refractivity contribution is 1.29. The molecule has 0 amide bonds. The number of rotatable bonds is 0. The zero-order chi connectivity index (χ0) is 5.98. The Morgan fingerprint density at radius 3 is 2.88 bits per heavy atom. The second-order valence-electron chi connectivity index (χ2n) is 1.77. The van der Waals surface area contributed by atoms with E-state index in [9.17, 15) is 0 Å². The fourth-order valence-electron chi connectivity index (χ4n) is 0.609. The molecule has 0 aromatic carbocycles. The molecule has 2 heteroatoms. The van der Waals surface area contributed by atoms with Gasteiger partial charge in [-0.1, -0.05) is 12.2 Å². The van der Waals surface area contributed by atoms with E-state index in [0.29, 0.717) is 0 Å². The fourth-order valence-corrected chi connectivity index (χ4v) is 0.854. The van der Waals surface area contributed by atoms with E-state index in [1.165, 1.54) is 0 Å². The maximum atomic E-state index is 4.92. The van der Waals surface area contributed by atoms with Crippen LogP contribution in [-0.2, 0) is 0 Å². The molecule has 1 nitrogen and oxygen atoms in total. The molecule has 0 saturated carbocycles. The lowest BCUT2D eigenvalue weighted by Gasteiger charge is -1.98. The molecule has 0 fully saturated rings. The third-order valence-electron chi connectivity index (χ3n) is 0.957. The van der Waals surface area contributed by atoms with Crippen molar-refractivity contribution >= 4 is 23.3 Å². The zero-order valence-corrected chi connectivity index (χ0v) is 5.53. The van der Waals surface area contributed by atoms with Gasteiger partial charge in [-0.3, -0.25) is 4.99 Å². The lowest BCUT2D eigenvalue weighted by atomic mass is 10.2. The van der Waals surface area contributed by atoms with Crippen LogP contribution < -0.4 is 0 Å². The molecule has 1 aliphatic rings. The van der Waals surface area contributed by atoms with E-state index in [-0.39, 0.29) is 0 Å². The normalized spacial score (nSPS) is 18.6. The average Bonchev–Trinajstić information content (AvgIpc) is 1.64. The molecule has 0 aromatic rings. The van der Waals surface area contributed by atoms with Gasteiger partial charge < -0.3 is 0 Å². The quantitative estimate of drug-likeness (QED) is 0.449. The van der Waals surface area contributed by atoms with Crippen molar-refractivity contribution in [2.45, 2.75) is 13.3 Å². The molecule has 1 rings (SSSR count). The molecule has 0 spiro atoms. The highest BCUT2D eigenvalue weighted by molar-refractivity contribution is 7.80. The molecule has 0 bridgehead atoms. The second kappa shape index (κ2) is 2.18. The smallest absolute Gasteiger partial charge is 0.0380 e. The van der Waals surface area contributed by atoms with Crippen molar-refractivity contribution in [2.24, 2.45) is 4.99 Å². The van der Waals surface area contributed by atoms with E-state index >= 15 is 0 Å². The third-order valence-corrected chi connectivity index (χ3v) is 1.24. The molecular weight excluding hydrogens is 118 g/mol. The van der Waals surface area contributed by atoms with Crippen LogP contribution in [0.3, 0.4) is 0 Å². The molecule has 0 atom stereocenters. The summed E-state index contributed by atoms with van der Waals surface area (Å²) in [7, 11) is 0. The van der Waals surface area contributed by atoms with E-state index in [4.69, 9.17) is 12.2 Å². The van der Waals surface area contributed by atoms with Crippen LogP contribution >= 0.6 is 12.2 Å². The van der Waals surface area contributed by atoms with Crippen LogP contribution in [0.5, 0.6) is 0 Å². The summed E-state index contributed by atoms with van der Waals surface area (Å²) in [5.41, 5.74) is 1.02. The van der Waals surface area contributed by atoms with Crippen molar-refractivity contribution in [3.63, 3.8) is 0 Å². The number of thiocarbonyl (C=S) groups is 1. The highest BCUT2D eigenvalue weighted by Crippen LogP contribution is 2.02. The zero-order valence-electron chi connectivity index (χ0n) is 4.72. The Balaban J connectivity index is 2.77. The van der Waals surface area contributed by atoms with Gasteiger partial charge in [-0.15, -0.1) is 0 Å². The third kappa shape index (κ3) is 1.23. The van der Waals surface area contributed by atoms with Gasteiger partial charge in [-0.05, 0) is 13.0 Å². The molecule has 0 N–H and O–H groups in total. The van der Waals surface area contributed by atoms with Crippen molar-refractivity contribution in [3.8, 4) is 0 Å². The Morgan fingerprint density at radius 2 is 2.50 bits per heavy atom. The van der Waals surface area contributed by atoms with Gasteiger partial charge in [-0.2, -0.15) is 0 Å². The molecule has 8 heavy (non-hydrogen) atoms. The minimum atomic E-state index is 0.840. The summed E-state index contributed by atoms with van der Waals surface area (Å²) in [5.74, 6) is 0. The predicted octanol–water partition coefficient (Wildman–Crippen LogP) is 1.73. The Hall–Kier alpha value is -0.500. The molecule has 0 radical (unpaired) electrons. The second-order valence-corrected chi connectivity index (χ2v) is 2.29. The first-order valence-electron chi connectivity index (χ1n) is 2.53. The van der Waals surface area contributed by atoms with E-state index in [1.807, 2.05) is 19.2 Å². The first kappa shape index (κ1) is 5.63. The van der Waals surface area contributed by atoms with Gasteiger partial charge >= 0.3 is 0 Å². The number of nitrogens with zero attached hydrogens (tertiary/aromatic N) is 1. The van der Waals surface area contributed by atoms with Crippen molar-refractivity contribution in [3.05, 3.63) is 11.8 Å². The van der Waals surface area contributed by atoms with Gasteiger partial charge in [0.05, 0.1) is 0 Å². The standard InChI is InChI=1S/C6H7NS/c1-5-4-6(8)2-3-7-5/h3-4H,2H2,1H3. The fraction of sp³-hybridized carbons (Fsp3) is 0.333. The van der Waals surface area contributed by atoms with Crippen LogP contribution in [0.2, 0.25) is 0 Å². The Morgan fingerprint density at radius 1 is 1.75 bits per heavy atom. The molecule has 1 heterocycles. The maximum absolute atomic E-state index is 4.92. The van der Waals surface area contributed by atoms with Crippen LogP contribution in [0.4, 0.5) is 0 Å². The molecule has 1 aliphatic heterocycles. The van der Waals surface area contributed by atoms with E-state index < -0.39 is 0 Å². The topological polar surface area (TPSA) is 12.4 Å². The summed E-state index contributed by atoms with van der Waals surface area (Å²) >= 11 is 4.92. The summed E-state index contributed by atoms with van der Waals surface area (Å²) in [4.78, 5) is 5.01. The lowest BCUT2D eigenvalue weighted by Crippen LogP contribution is -1.96. The Bertz CT molecular complexity index is 167. The van der Waals surface area contributed by atoms with Crippen molar-refractivity contribution in [1.82, 2.24) is 0 Å². The van der Waals surface area contributed by atoms with Crippen LogP contribution in [0, 0.1) is 0 Å². The van der Waals surface area contributed by atoms with E-state index in [0.717, 1.165) is 17.0 Å². The number of aliphatic imine (C=N–C) groups is 1. The van der Waals surface area contributed by atoms with Gasteiger partial charge in [0.2, 0.25) is 0 Å². The monoisotopic (exact) mass is 125 g/mol. The first-order valence-corrected chi connectivity index (χ1v) is 2.93. The van der Waals surface area contributed by atoms with Crippen LogP contribution in [0.15, 0.2) is 16.8 Å². The highest BCUT2D eigenvalue weighted by Gasteiger charge is 1.95. The maximum Gasteiger partial charge on any atom is 0.0380 e. The molecular formula is C6H7NS. The first-order chi connectivity index (χ1) is 3.79. The number of allylic oxidation sites excluding steroid dienone is 2. The molecule has 0 unspecified atom stereocenters. The Labute approximate surface area is 54.1 Å². The minimum Gasteiger partial charge on any atom is -0.266 e. The summed E-state index contributed by atoms with van der Waals surface area (Å²) < 4.78 is 0. The average molecular weight is 125 g/mol. The largest absolute Gasteiger partial charge is 0.266 e. The molecule has 42 valence electrons. The van der Waals surface area contributed by atoms with Crippen LogP contribution in [-0.4, -0.2) is 11.1 Å². The van der Waals surface area contributed by atoms with Crippen molar-refractivity contribution in [1.29, 1.82) is 0 Å². The van der Waals surface area contributed by atoms with Gasteiger partial charge in [0.15, 0.2) is 0 Å². The summed E-state index contributed by atoms with van der Waals surface area (Å²) in [6.07, 6.45) is 4.61. The number of hydrogen-bond donors (Lipinski definition) is 0. The summed E-state index contributed by atoms with van der Waals surface area (Å²) in [5, 5.41) is 0. The van der Waals surface area contributed by atoms with Crippen LogP contribution in [0.1, 0.15) is 13.3 Å². The minimum absolute atomic E-state index is 0.840. The Kier molecular flexibility index (Phi) is 1.53. The van der Waals surface area contributed by atoms with Gasteiger partial charge in [-0.25, -0.2) is 0 Å². The SMILES string of the molecule is CC1=CC(=S)CC=N1. The van der Waals surface area contributed by atoms with Crippen LogP contribution in [0.25, 0.3) is 0 Å². The predicted molar refractivity (Wildman–Crippen MR) is 39.5 cm³/mol. The van der Waals surface area contributed by atoms with Crippen molar-refractivity contribution in [2.75, 3.05) is 0 Å². The van der Waals surface area contributed by atoms with E-state index in [2.05, 4.69) is 4.99 Å². The number of hydrogen-bond acceptors (Lipinski definition) is 2. The van der Waals surface area contributed by atoms with Gasteiger partial charge in [0, 0.05) is 23.2 Å². The molecule has 0 aliphatic carbocycles. The van der Waals surface area contributed by atoms with E-state index in [1.54, 1.807) is 0 Å². The van der Waals surface area contributed by atoms with Gasteiger partial charge in [0.25, 0.3) is 0 Å². The highest BCUT2D eigenvalue weighted by atomic mass is 32.1. The van der Waals surface area contributed by atoms with Crippen molar-refractivity contribution < 1.29 is 0 Å². The summed E-state index contributed by atoms with van der Waals surface area (Å²) in [6, 6.07) is 0. The summed E-state index contributed by atoms with van der Waals surface area (Å²) in [6.45, 7) is 1.95. The molecule has 0 saturated heterocycles. The molecule has 0 aromatic heterocycles. The van der Waals surface area contributed by atoms with Gasteiger partial charge in [0.1, 0.15) is 0 Å².